The van der Waals surface area contributed by atoms with Crippen molar-refractivity contribution in [3.63, 3.8) is 0 Å². The first-order valence-electron chi connectivity index (χ1n) is 8.89. The van der Waals surface area contributed by atoms with Gasteiger partial charge in [-0.2, -0.15) is 13.2 Å². The van der Waals surface area contributed by atoms with Gasteiger partial charge in [0.15, 0.2) is 0 Å². The first-order chi connectivity index (χ1) is 13.9. The molecular formula is C21H18F3N3OS. The van der Waals surface area contributed by atoms with Crippen LogP contribution >= 0.6 is 11.8 Å². The molecule has 1 amide bonds. The highest BCUT2D eigenvalue weighted by molar-refractivity contribution is 8.00. The Balaban J connectivity index is 1.77. The third-order valence-electron chi connectivity index (χ3n) is 4.13. The number of benzene rings is 2. The lowest BCUT2D eigenvalue weighted by molar-refractivity contribution is -0.137. The predicted octanol–water partition coefficient (Wildman–Crippen LogP) is 5.67. The number of halogens is 3. The number of thioether (sulfide) groups is 1. The zero-order valence-electron chi connectivity index (χ0n) is 15.5. The molecule has 150 valence electrons. The van der Waals surface area contributed by atoms with Crippen LogP contribution in [0.4, 0.5) is 18.9 Å². The Hall–Kier alpha value is -2.87. The topological polar surface area (TPSA) is 54.9 Å². The van der Waals surface area contributed by atoms with Crippen molar-refractivity contribution >= 4 is 23.4 Å². The highest BCUT2D eigenvalue weighted by Gasteiger charge is 2.34. The molecule has 3 aromatic rings. The van der Waals surface area contributed by atoms with Gasteiger partial charge in [0.05, 0.1) is 22.2 Å². The lowest BCUT2D eigenvalue weighted by atomic mass is 10.1. The van der Waals surface area contributed by atoms with Crippen LogP contribution in [0.3, 0.4) is 0 Å². The minimum absolute atomic E-state index is 0.253. The molecule has 0 saturated heterocycles. The molecule has 0 aliphatic heterocycles. The van der Waals surface area contributed by atoms with E-state index < -0.39 is 22.9 Å². The number of alkyl halides is 3. The van der Waals surface area contributed by atoms with Crippen molar-refractivity contribution in [2.45, 2.75) is 29.8 Å². The largest absolute Gasteiger partial charge is 0.418 e. The maximum Gasteiger partial charge on any atom is 0.418 e. The first kappa shape index (κ1) is 20.9. The van der Waals surface area contributed by atoms with Gasteiger partial charge in [0.1, 0.15) is 11.4 Å². The van der Waals surface area contributed by atoms with E-state index in [9.17, 15) is 18.0 Å². The van der Waals surface area contributed by atoms with Crippen molar-refractivity contribution in [3.8, 4) is 11.3 Å². The van der Waals surface area contributed by atoms with E-state index in [0.717, 1.165) is 11.6 Å². The third kappa shape index (κ3) is 5.35. The van der Waals surface area contributed by atoms with Gasteiger partial charge in [-0.3, -0.25) is 4.79 Å². The van der Waals surface area contributed by atoms with E-state index >= 15 is 0 Å². The summed E-state index contributed by atoms with van der Waals surface area (Å²) in [6, 6.07) is 16.2. The molecule has 1 aromatic heterocycles. The average Bonchev–Trinajstić information content (AvgIpc) is 2.72. The Morgan fingerprint density at radius 2 is 1.76 bits per heavy atom. The normalized spacial score (nSPS) is 12.4. The number of nitrogens with one attached hydrogen (secondary N) is 1. The molecule has 1 unspecified atom stereocenters. The van der Waals surface area contributed by atoms with Crippen LogP contribution < -0.4 is 5.32 Å². The minimum atomic E-state index is -4.55. The second kappa shape index (κ2) is 9.09. The van der Waals surface area contributed by atoms with Gasteiger partial charge in [-0.15, -0.1) is 0 Å². The van der Waals surface area contributed by atoms with E-state index in [-0.39, 0.29) is 5.69 Å². The molecule has 0 aliphatic carbocycles. The van der Waals surface area contributed by atoms with Crippen molar-refractivity contribution < 1.29 is 18.0 Å². The number of nitrogens with zero attached hydrogens (tertiary/aromatic N) is 2. The molecule has 0 radical (unpaired) electrons. The first-order valence-corrected chi connectivity index (χ1v) is 9.77. The lowest BCUT2D eigenvalue weighted by Gasteiger charge is -2.17. The van der Waals surface area contributed by atoms with Crippen molar-refractivity contribution in [2.24, 2.45) is 0 Å². The van der Waals surface area contributed by atoms with Gasteiger partial charge in [0.2, 0.25) is 5.91 Å². The smallest absolute Gasteiger partial charge is 0.325 e. The van der Waals surface area contributed by atoms with Gasteiger partial charge in [-0.05, 0) is 24.6 Å². The van der Waals surface area contributed by atoms with Crippen LogP contribution in [0.2, 0.25) is 0 Å². The highest BCUT2D eigenvalue weighted by atomic mass is 32.2. The number of hydrogen-bond donors (Lipinski definition) is 1. The van der Waals surface area contributed by atoms with Crippen molar-refractivity contribution in [2.75, 3.05) is 5.32 Å². The Bertz CT molecular complexity index is 980. The molecule has 1 atom stereocenters. The van der Waals surface area contributed by atoms with Gasteiger partial charge in [0, 0.05) is 5.56 Å². The molecule has 0 spiro atoms. The summed E-state index contributed by atoms with van der Waals surface area (Å²) in [4.78, 5) is 21.1. The predicted molar refractivity (Wildman–Crippen MR) is 107 cm³/mol. The van der Waals surface area contributed by atoms with E-state index in [4.69, 9.17) is 0 Å². The van der Waals surface area contributed by atoms with Crippen LogP contribution in [0.5, 0.6) is 0 Å². The van der Waals surface area contributed by atoms with E-state index in [1.54, 1.807) is 13.0 Å². The van der Waals surface area contributed by atoms with Crippen LogP contribution in [0.25, 0.3) is 11.3 Å². The number of carbonyl (C=O) groups is 1. The second-order valence-electron chi connectivity index (χ2n) is 6.15. The van der Waals surface area contributed by atoms with Gasteiger partial charge < -0.3 is 5.32 Å². The molecule has 0 saturated carbocycles. The number of carbonyl (C=O) groups excluding carboxylic acids is 1. The average molecular weight is 417 g/mol. The fourth-order valence-electron chi connectivity index (χ4n) is 2.69. The van der Waals surface area contributed by atoms with Gasteiger partial charge in [-0.1, -0.05) is 61.2 Å². The summed E-state index contributed by atoms with van der Waals surface area (Å²) in [5.74, 6) is -0.505. The molecule has 0 bridgehead atoms. The summed E-state index contributed by atoms with van der Waals surface area (Å²) < 4.78 is 39.5. The molecule has 2 aromatic carbocycles. The molecule has 1 heterocycles. The number of anilines is 1. The maximum absolute atomic E-state index is 13.2. The van der Waals surface area contributed by atoms with Crippen molar-refractivity contribution in [1.29, 1.82) is 0 Å². The van der Waals surface area contributed by atoms with E-state index in [1.165, 1.54) is 36.3 Å². The summed E-state index contributed by atoms with van der Waals surface area (Å²) >= 11 is 1.19. The monoisotopic (exact) mass is 417 g/mol. The summed E-state index contributed by atoms with van der Waals surface area (Å²) in [6.45, 7) is 1.80. The molecule has 0 fully saturated rings. The van der Waals surface area contributed by atoms with E-state index in [2.05, 4.69) is 15.3 Å². The van der Waals surface area contributed by atoms with E-state index in [1.807, 2.05) is 30.3 Å². The molecule has 3 rings (SSSR count). The number of hydrogen-bond acceptors (Lipinski definition) is 4. The molecule has 1 N–H and O–H groups in total. The Labute approximate surface area is 170 Å². The minimum Gasteiger partial charge on any atom is -0.325 e. The Kier molecular flexibility index (Phi) is 6.53. The van der Waals surface area contributed by atoms with Crippen LogP contribution in [-0.2, 0) is 11.0 Å². The fourth-order valence-corrected chi connectivity index (χ4v) is 3.60. The number of para-hydroxylation sites is 1. The zero-order valence-corrected chi connectivity index (χ0v) is 16.3. The van der Waals surface area contributed by atoms with Crippen LogP contribution in [-0.4, -0.2) is 21.1 Å². The highest BCUT2D eigenvalue weighted by Crippen LogP contribution is 2.35. The van der Waals surface area contributed by atoms with Crippen LogP contribution in [0, 0.1) is 0 Å². The molecule has 4 nitrogen and oxygen atoms in total. The van der Waals surface area contributed by atoms with Crippen molar-refractivity contribution in [3.05, 3.63) is 72.6 Å². The Morgan fingerprint density at radius 1 is 1.07 bits per heavy atom. The molecular weight excluding hydrogens is 399 g/mol. The van der Waals surface area contributed by atoms with Crippen molar-refractivity contribution in [1.82, 2.24) is 9.97 Å². The standard InChI is InChI=1S/C21H18F3N3OS/c1-2-18(20(28)27-16-11-7-6-10-15(16)21(22,23)24)29-19-12-17(25-13-26-19)14-8-4-3-5-9-14/h3-13,18H,2H2,1H3,(H,27,28). The lowest BCUT2D eigenvalue weighted by Crippen LogP contribution is -2.26. The van der Waals surface area contributed by atoms with Crippen LogP contribution in [0.15, 0.2) is 72.0 Å². The number of aromatic nitrogens is 2. The fraction of sp³-hybridized carbons (Fsp3) is 0.190. The zero-order chi connectivity index (χ0) is 20.9. The SMILES string of the molecule is CCC(Sc1cc(-c2ccccc2)ncn1)C(=O)Nc1ccccc1C(F)(F)F. The van der Waals surface area contributed by atoms with E-state index in [0.29, 0.717) is 17.1 Å². The quantitative estimate of drug-likeness (QED) is 0.415. The molecule has 29 heavy (non-hydrogen) atoms. The Morgan fingerprint density at radius 3 is 2.45 bits per heavy atom. The molecule has 8 heteroatoms. The summed E-state index contributed by atoms with van der Waals surface area (Å²) in [7, 11) is 0. The number of rotatable bonds is 6. The van der Waals surface area contributed by atoms with Gasteiger partial charge in [0.25, 0.3) is 0 Å². The van der Waals surface area contributed by atoms with Gasteiger partial charge >= 0.3 is 6.18 Å². The summed E-state index contributed by atoms with van der Waals surface area (Å²) in [5.41, 5.74) is 0.493. The number of amides is 1. The third-order valence-corrected chi connectivity index (χ3v) is 5.42. The van der Waals surface area contributed by atoms with Gasteiger partial charge in [-0.25, -0.2) is 9.97 Å². The van der Waals surface area contributed by atoms with Crippen LogP contribution in [0.1, 0.15) is 18.9 Å². The summed E-state index contributed by atoms with van der Waals surface area (Å²) in [5, 5.41) is 2.38. The summed E-state index contributed by atoms with van der Waals surface area (Å²) in [6.07, 6.45) is -2.71. The molecule has 0 aliphatic rings. The second-order valence-corrected chi connectivity index (χ2v) is 7.38. The maximum atomic E-state index is 13.2.